The van der Waals surface area contributed by atoms with E-state index in [1.165, 1.54) is 0 Å². The number of nitrogens with zero attached hydrogens (tertiary/aromatic N) is 3. The molecule has 2 aromatic carbocycles. The van der Waals surface area contributed by atoms with Gasteiger partial charge in [0.15, 0.2) is 5.82 Å². The van der Waals surface area contributed by atoms with Crippen LogP contribution < -0.4 is 4.72 Å². The summed E-state index contributed by atoms with van der Waals surface area (Å²) in [6.07, 6.45) is 1.60. The summed E-state index contributed by atoms with van der Waals surface area (Å²) in [6.45, 7) is 0. The molecule has 0 aliphatic carbocycles. The number of anilines is 1. The number of aromatic nitrogens is 3. The maximum atomic E-state index is 12.3. The van der Waals surface area contributed by atoms with Crippen LogP contribution in [0.25, 0.3) is 11.4 Å². The van der Waals surface area contributed by atoms with Crippen molar-refractivity contribution < 1.29 is 8.42 Å². The van der Waals surface area contributed by atoms with Gasteiger partial charge in [-0.1, -0.05) is 42.5 Å². The molecule has 0 aliphatic rings. The van der Waals surface area contributed by atoms with E-state index in [2.05, 4.69) is 14.9 Å². The van der Waals surface area contributed by atoms with Gasteiger partial charge in [0.05, 0.1) is 5.75 Å². The van der Waals surface area contributed by atoms with Gasteiger partial charge in [0.2, 0.25) is 10.0 Å². The summed E-state index contributed by atoms with van der Waals surface area (Å²) < 4.78 is 29.0. The van der Waals surface area contributed by atoms with Gasteiger partial charge in [0.1, 0.15) is 6.33 Å². The molecule has 118 valence electrons. The highest BCUT2D eigenvalue weighted by atomic mass is 32.2. The lowest BCUT2D eigenvalue weighted by Crippen LogP contribution is -2.15. The van der Waals surface area contributed by atoms with Gasteiger partial charge in [-0.15, -0.1) is 10.2 Å². The first-order valence-electron chi connectivity index (χ1n) is 7.02. The van der Waals surface area contributed by atoms with E-state index in [9.17, 15) is 8.42 Å². The molecule has 0 fully saturated rings. The first-order valence-corrected chi connectivity index (χ1v) is 8.67. The van der Waals surface area contributed by atoms with Gasteiger partial charge >= 0.3 is 0 Å². The number of nitrogens with one attached hydrogen (secondary N) is 1. The van der Waals surface area contributed by atoms with Crippen LogP contribution in [0, 0.1) is 0 Å². The summed E-state index contributed by atoms with van der Waals surface area (Å²) in [6, 6.07) is 16.2. The van der Waals surface area contributed by atoms with Crippen LogP contribution in [0.5, 0.6) is 0 Å². The first kappa shape index (κ1) is 15.2. The average Bonchev–Trinajstić information content (AvgIpc) is 2.93. The minimum absolute atomic E-state index is 0.0674. The van der Waals surface area contributed by atoms with Crippen LogP contribution in [-0.2, 0) is 22.8 Å². The largest absolute Gasteiger partial charge is 0.317 e. The zero-order chi connectivity index (χ0) is 16.3. The van der Waals surface area contributed by atoms with Crippen LogP contribution in [0.3, 0.4) is 0 Å². The fourth-order valence-electron chi connectivity index (χ4n) is 2.28. The van der Waals surface area contributed by atoms with E-state index >= 15 is 0 Å². The Bertz CT molecular complexity index is 905. The molecule has 0 amide bonds. The first-order chi connectivity index (χ1) is 11.0. The zero-order valence-electron chi connectivity index (χ0n) is 12.5. The summed E-state index contributed by atoms with van der Waals surface area (Å²) in [5, 5.41) is 7.86. The second-order valence-electron chi connectivity index (χ2n) is 5.19. The molecule has 1 heterocycles. The molecule has 0 bridgehead atoms. The molecule has 0 radical (unpaired) electrons. The normalized spacial score (nSPS) is 11.3. The third-order valence-electron chi connectivity index (χ3n) is 3.31. The predicted molar refractivity (Wildman–Crippen MR) is 89.1 cm³/mol. The van der Waals surface area contributed by atoms with Gasteiger partial charge in [-0.3, -0.25) is 4.72 Å². The Morgan fingerprint density at radius 3 is 2.57 bits per heavy atom. The van der Waals surface area contributed by atoms with Gasteiger partial charge in [-0.2, -0.15) is 0 Å². The predicted octanol–water partition coefficient (Wildman–Crippen LogP) is 2.42. The van der Waals surface area contributed by atoms with Gasteiger partial charge in [0, 0.05) is 18.3 Å². The molecule has 23 heavy (non-hydrogen) atoms. The monoisotopic (exact) mass is 328 g/mol. The molecule has 6 nitrogen and oxygen atoms in total. The molecule has 3 rings (SSSR count). The van der Waals surface area contributed by atoms with Crippen LogP contribution in [-0.4, -0.2) is 23.2 Å². The van der Waals surface area contributed by atoms with Crippen LogP contribution in [0.4, 0.5) is 5.69 Å². The molecule has 0 saturated heterocycles. The summed E-state index contributed by atoms with van der Waals surface area (Å²) in [7, 11) is -1.64. The minimum atomic E-state index is -3.48. The van der Waals surface area contributed by atoms with E-state index in [4.69, 9.17) is 0 Å². The van der Waals surface area contributed by atoms with E-state index < -0.39 is 10.0 Å². The highest BCUT2D eigenvalue weighted by molar-refractivity contribution is 7.91. The maximum absolute atomic E-state index is 12.3. The third-order valence-corrected chi connectivity index (χ3v) is 4.57. The van der Waals surface area contributed by atoms with Crippen LogP contribution >= 0.6 is 0 Å². The topological polar surface area (TPSA) is 76.9 Å². The molecule has 0 aliphatic heterocycles. The van der Waals surface area contributed by atoms with Crippen LogP contribution in [0.15, 0.2) is 60.9 Å². The lowest BCUT2D eigenvalue weighted by molar-refractivity contribution is 0.600. The van der Waals surface area contributed by atoms with Crippen molar-refractivity contribution in [3.05, 3.63) is 66.5 Å². The molecular formula is C16H16N4O2S. The average molecular weight is 328 g/mol. The van der Waals surface area contributed by atoms with E-state index in [1.807, 2.05) is 31.3 Å². The molecule has 3 aromatic rings. The Balaban J connectivity index is 1.81. The van der Waals surface area contributed by atoms with E-state index in [0.29, 0.717) is 11.5 Å². The minimum Gasteiger partial charge on any atom is -0.317 e. The van der Waals surface area contributed by atoms with Gasteiger partial charge in [-0.25, -0.2) is 8.42 Å². The SMILES string of the molecule is Cn1cnnc1-c1cccc(NS(=O)(=O)Cc2ccccc2)c1. The summed E-state index contributed by atoms with van der Waals surface area (Å²) in [5.41, 5.74) is 2.04. The Labute approximate surface area is 134 Å². The molecular weight excluding hydrogens is 312 g/mol. The van der Waals surface area contributed by atoms with E-state index in [-0.39, 0.29) is 5.75 Å². The maximum Gasteiger partial charge on any atom is 0.236 e. The van der Waals surface area contributed by atoms with Gasteiger partial charge in [-0.05, 0) is 17.7 Å². The molecule has 1 N–H and O–H groups in total. The molecule has 0 atom stereocenters. The number of sulfonamides is 1. The fraction of sp³-hybridized carbons (Fsp3) is 0.125. The van der Waals surface area contributed by atoms with Crippen LogP contribution in [0.2, 0.25) is 0 Å². The lowest BCUT2D eigenvalue weighted by Gasteiger charge is -2.09. The Morgan fingerprint density at radius 2 is 1.87 bits per heavy atom. The standard InChI is InChI=1S/C16H16N4O2S/c1-20-12-17-18-16(20)14-8-5-9-15(10-14)19-23(21,22)11-13-6-3-2-4-7-13/h2-10,12,19H,11H2,1H3. The molecule has 0 spiro atoms. The smallest absolute Gasteiger partial charge is 0.236 e. The number of benzene rings is 2. The lowest BCUT2D eigenvalue weighted by atomic mass is 10.2. The number of hydrogen-bond acceptors (Lipinski definition) is 4. The summed E-state index contributed by atoms with van der Waals surface area (Å²) >= 11 is 0. The molecule has 0 unspecified atom stereocenters. The third kappa shape index (κ3) is 3.75. The number of rotatable bonds is 5. The fourth-order valence-corrected chi connectivity index (χ4v) is 3.47. The highest BCUT2D eigenvalue weighted by Crippen LogP contribution is 2.21. The summed E-state index contributed by atoms with van der Waals surface area (Å²) in [5.74, 6) is 0.608. The molecule has 0 saturated carbocycles. The van der Waals surface area contributed by atoms with E-state index in [1.54, 1.807) is 41.2 Å². The highest BCUT2D eigenvalue weighted by Gasteiger charge is 2.13. The Kier molecular flexibility index (Phi) is 4.12. The van der Waals surface area contributed by atoms with Crippen molar-refractivity contribution in [3.63, 3.8) is 0 Å². The van der Waals surface area contributed by atoms with Crippen molar-refractivity contribution in [3.8, 4) is 11.4 Å². The second kappa shape index (κ2) is 6.21. The van der Waals surface area contributed by atoms with Crippen molar-refractivity contribution >= 4 is 15.7 Å². The van der Waals surface area contributed by atoms with E-state index in [0.717, 1.165) is 11.1 Å². The number of aryl methyl sites for hydroxylation is 1. The Morgan fingerprint density at radius 1 is 1.09 bits per heavy atom. The Hall–Kier alpha value is -2.67. The molecule has 7 heteroatoms. The van der Waals surface area contributed by atoms with Crippen molar-refractivity contribution in [2.75, 3.05) is 4.72 Å². The van der Waals surface area contributed by atoms with Crippen molar-refractivity contribution in [2.45, 2.75) is 5.75 Å². The second-order valence-corrected chi connectivity index (χ2v) is 6.92. The van der Waals surface area contributed by atoms with Crippen molar-refractivity contribution in [1.82, 2.24) is 14.8 Å². The van der Waals surface area contributed by atoms with Crippen LogP contribution in [0.1, 0.15) is 5.56 Å². The zero-order valence-corrected chi connectivity index (χ0v) is 13.4. The quantitative estimate of drug-likeness (QED) is 0.780. The number of hydrogen-bond donors (Lipinski definition) is 1. The van der Waals surface area contributed by atoms with Gasteiger partial charge in [0.25, 0.3) is 0 Å². The van der Waals surface area contributed by atoms with Crippen molar-refractivity contribution in [1.29, 1.82) is 0 Å². The molecule has 1 aromatic heterocycles. The summed E-state index contributed by atoms with van der Waals surface area (Å²) in [4.78, 5) is 0. The van der Waals surface area contributed by atoms with Gasteiger partial charge < -0.3 is 4.57 Å². The van der Waals surface area contributed by atoms with Crippen molar-refractivity contribution in [2.24, 2.45) is 7.05 Å².